The van der Waals surface area contributed by atoms with Crippen LogP contribution in [0.15, 0.2) is 24.3 Å². The van der Waals surface area contributed by atoms with E-state index >= 15 is 0 Å². The van der Waals surface area contributed by atoms with Gasteiger partial charge in [0.05, 0.1) is 11.0 Å². The molecule has 0 aliphatic carbocycles. The molecule has 1 aliphatic heterocycles. The second-order valence-corrected chi connectivity index (χ2v) is 5.23. The van der Waals surface area contributed by atoms with Gasteiger partial charge in [0.2, 0.25) is 5.82 Å². The van der Waals surface area contributed by atoms with Crippen molar-refractivity contribution in [1.82, 2.24) is 14.9 Å². The molecule has 1 fully saturated rings. The summed E-state index contributed by atoms with van der Waals surface area (Å²) in [5, 5.41) is 3.23. The van der Waals surface area contributed by atoms with Crippen LogP contribution in [-0.4, -0.2) is 22.6 Å². The van der Waals surface area contributed by atoms with Crippen LogP contribution in [0.2, 0.25) is 0 Å². The molecule has 2 aromatic rings. The van der Waals surface area contributed by atoms with Crippen LogP contribution in [0.25, 0.3) is 11.0 Å². The van der Waals surface area contributed by atoms with E-state index in [0.29, 0.717) is 17.6 Å². The molecular weight excluding hydrogens is 267 g/mol. The fraction of sp³-hybridized carbons (Fsp3) is 0.500. The average Bonchev–Trinajstić information content (AvgIpc) is 2.79. The number of benzene rings is 1. The Balaban J connectivity index is 2.01. The molecule has 1 saturated heterocycles. The number of rotatable bonds is 2. The predicted molar refractivity (Wildman–Crippen MR) is 70.3 cm³/mol. The Morgan fingerprint density at radius 1 is 1.20 bits per heavy atom. The largest absolute Gasteiger partial charge is 0.449 e. The number of imidazole rings is 1. The Labute approximate surface area is 114 Å². The molecule has 0 unspecified atom stereocenters. The maximum absolute atomic E-state index is 13.1. The third-order valence-electron chi connectivity index (χ3n) is 3.81. The number of alkyl halides is 3. The minimum atomic E-state index is -4.41. The quantitative estimate of drug-likeness (QED) is 0.918. The van der Waals surface area contributed by atoms with Gasteiger partial charge in [0.15, 0.2) is 0 Å². The van der Waals surface area contributed by atoms with Gasteiger partial charge in [0.1, 0.15) is 0 Å². The molecule has 1 aromatic carbocycles. The SMILES string of the molecule is FC(F)(F)c1nc2ccccc2n1CC1CCNCC1. The summed E-state index contributed by atoms with van der Waals surface area (Å²) in [6.07, 6.45) is -2.60. The molecular formula is C14H16F3N3. The summed E-state index contributed by atoms with van der Waals surface area (Å²) in [6.45, 7) is 2.13. The van der Waals surface area contributed by atoms with Crippen LogP contribution < -0.4 is 5.32 Å². The maximum atomic E-state index is 13.1. The van der Waals surface area contributed by atoms with Gasteiger partial charge in [-0.1, -0.05) is 12.1 Å². The zero-order valence-electron chi connectivity index (χ0n) is 11.0. The highest BCUT2D eigenvalue weighted by atomic mass is 19.4. The molecule has 1 N–H and O–H groups in total. The van der Waals surface area contributed by atoms with Gasteiger partial charge in [-0.25, -0.2) is 4.98 Å². The molecule has 6 heteroatoms. The summed E-state index contributed by atoms with van der Waals surface area (Å²) < 4.78 is 40.8. The molecule has 1 aliphatic rings. The summed E-state index contributed by atoms with van der Waals surface area (Å²) >= 11 is 0. The Morgan fingerprint density at radius 3 is 2.60 bits per heavy atom. The molecule has 0 saturated carbocycles. The third-order valence-corrected chi connectivity index (χ3v) is 3.81. The first-order chi connectivity index (χ1) is 9.55. The van der Waals surface area contributed by atoms with E-state index in [2.05, 4.69) is 10.3 Å². The van der Waals surface area contributed by atoms with Gasteiger partial charge in [-0.05, 0) is 44.0 Å². The number of piperidine rings is 1. The van der Waals surface area contributed by atoms with Gasteiger partial charge in [-0.2, -0.15) is 13.2 Å². The topological polar surface area (TPSA) is 29.9 Å². The molecule has 108 valence electrons. The van der Waals surface area contributed by atoms with Crippen LogP contribution in [0, 0.1) is 5.92 Å². The number of nitrogens with one attached hydrogen (secondary N) is 1. The van der Waals surface area contributed by atoms with E-state index in [1.165, 1.54) is 4.57 Å². The van der Waals surface area contributed by atoms with Crippen molar-refractivity contribution in [1.29, 1.82) is 0 Å². The third kappa shape index (κ3) is 2.52. The lowest BCUT2D eigenvalue weighted by molar-refractivity contribution is -0.147. The first kappa shape index (κ1) is 13.4. The molecule has 0 bridgehead atoms. The van der Waals surface area contributed by atoms with Crippen molar-refractivity contribution >= 4 is 11.0 Å². The molecule has 0 radical (unpaired) electrons. The number of hydrogen-bond donors (Lipinski definition) is 1. The van der Waals surface area contributed by atoms with Gasteiger partial charge < -0.3 is 9.88 Å². The zero-order chi connectivity index (χ0) is 14.2. The van der Waals surface area contributed by atoms with E-state index in [1.54, 1.807) is 24.3 Å². The van der Waals surface area contributed by atoms with Crippen molar-refractivity contribution < 1.29 is 13.2 Å². The van der Waals surface area contributed by atoms with E-state index < -0.39 is 12.0 Å². The summed E-state index contributed by atoms with van der Waals surface area (Å²) in [6, 6.07) is 6.80. The van der Waals surface area contributed by atoms with Crippen LogP contribution in [0.1, 0.15) is 18.7 Å². The normalized spacial score (nSPS) is 17.8. The summed E-state index contributed by atoms with van der Waals surface area (Å²) in [7, 11) is 0. The van der Waals surface area contributed by atoms with Crippen LogP contribution >= 0.6 is 0 Å². The highest BCUT2D eigenvalue weighted by Crippen LogP contribution is 2.32. The summed E-state index contributed by atoms with van der Waals surface area (Å²) in [5.41, 5.74) is 0.979. The van der Waals surface area contributed by atoms with Crippen molar-refractivity contribution in [3.8, 4) is 0 Å². The highest BCUT2D eigenvalue weighted by molar-refractivity contribution is 5.76. The average molecular weight is 283 g/mol. The molecule has 1 aromatic heterocycles. The van der Waals surface area contributed by atoms with Crippen molar-refractivity contribution in [2.75, 3.05) is 13.1 Å². The lowest BCUT2D eigenvalue weighted by Gasteiger charge is -2.24. The predicted octanol–water partition coefficient (Wildman–Crippen LogP) is 3.05. The first-order valence-electron chi connectivity index (χ1n) is 6.79. The summed E-state index contributed by atoms with van der Waals surface area (Å²) in [4.78, 5) is 3.77. The van der Waals surface area contributed by atoms with Crippen LogP contribution in [0.4, 0.5) is 13.2 Å². The standard InChI is InChI=1S/C14H16F3N3/c15-14(16,17)13-19-11-3-1-2-4-12(11)20(13)9-10-5-7-18-8-6-10/h1-4,10,18H,5-9H2. The molecule has 0 amide bonds. The molecule has 20 heavy (non-hydrogen) atoms. The van der Waals surface area contributed by atoms with Gasteiger partial charge >= 0.3 is 6.18 Å². The van der Waals surface area contributed by atoms with E-state index in [0.717, 1.165) is 25.9 Å². The smallest absolute Gasteiger partial charge is 0.320 e. The fourth-order valence-electron chi connectivity index (χ4n) is 2.80. The lowest BCUT2D eigenvalue weighted by atomic mass is 9.98. The lowest BCUT2D eigenvalue weighted by Crippen LogP contribution is -2.30. The first-order valence-corrected chi connectivity index (χ1v) is 6.79. The number of fused-ring (bicyclic) bond motifs is 1. The van der Waals surface area contributed by atoms with E-state index in [1.807, 2.05) is 0 Å². The van der Waals surface area contributed by atoms with Crippen LogP contribution in [-0.2, 0) is 12.7 Å². The van der Waals surface area contributed by atoms with Crippen molar-refractivity contribution in [3.63, 3.8) is 0 Å². The number of nitrogens with zero attached hydrogens (tertiary/aromatic N) is 2. The molecule has 0 atom stereocenters. The Bertz CT molecular complexity index is 597. The van der Waals surface area contributed by atoms with E-state index in [4.69, 9.17) is 0 Å². The summed E-state index contributed by atoms with van der Waals surface area (Å²) in [5.74, 6) is -0.507. The van der Waals surface area contributed by atoms with Crippen molar-refractivity contribution in [2.24, 2.45) is 5.92 Å². The highest BCUT2D eigenvalue weighted by Gasteiger charge is 2.38. The maximum Gasteiger partial charge on any atom is 0.449 e. The Morgan fingerprint density at radius 2 is 1.90 bits per heavy atom. The van der Waals surface area contributed by atoms with E-state index in [9.17, 15) is 13.2 Å². The zero-order valence-corrected chi connectivity index (χ0v) is 11.0. The van der Waals surface area contributed by atoms with Gasteiger partial charge in [-0.15, -0.1) is 0 Å². The van der Waals surface area contributed by atoms with Gasteiger partial charge in [0, 0.05) is 6.54 Å². The molecule has 2 heterocycles. The van der Waals surface area contributed by atoms with Gasteiger partial charge in [-0.3, -0.25) is 0 Å². The Hall–Kier alpha value is -1.56. The number of hydrogen-bond acceptors (Lipinski definition) is 2. The monoisotopic (exact) mass is 283 g/mol. The van der Waals surface area contributed by atoms with Crippen LogP contribution in [0.5, 0.6) is 0 Å². The minimum absolute atomic E-state index is 0.273. The number of halogens is 3. The van der Waals surface area contributed by atoms with Gasteiger partial charge in [0.25, 0.3) is 0 Å². The molecule has 0 spiro atoms. The second kappa shape index (κ2) is 5.09. The minimum Gasteiger partial charge on any atom is -0.320 e. The van der Waals surface area contributed by atoms with E-state index in [-0.39, 0.29) is 5.92 Å². The fourth-order valence-corrected chi connectivity index (χ4v) is 2.80. The molecule has 3 nitrogen and oxygen atoms in total. The van der Waals surface area contributed by atoms with Crippen molar-refractivity contribution in [3.05, 3.63) is 30.1 Å². The number of para-hydroxylation sites is 2. The number of aromatic nitrogens is 2. The Kier molecular flexibility index (Phi) is 3.41. The second-order valence-electron chi connectivity index (χ2n) is 5.23. The van der Waals surface area contributed by atoms with Crippen molar-refractivity contribution in [2.45, 2.75) is 25.6 Å². The molecule has 3 rings (SSSR count). The van der Waals surface area contributed by atoms with Crippen LogP contribution in [0.3, 0.4) is 0 Å².